The number of hydrogen-bond donors (Lipinski definition) is 0. The SMILES string of the molecule is CCOC(=O)CC(=O)CCCN1C(=O)c2ccccc2C1=O. The van der Waals surface area contributed by atoms with E-state index in [0.29, 0.717) is 17.5 Å². The lowest BCUT2D eigenvalue weighted by atomic mass is 10.1. The van der Waals surface area contributed by atoms with Gasteiger partial charge in [0.15, 0.2) is 0 Å². The number of Topliss-reactive ketones (excluding diaryl/α,β-unsaturated/α-hetero) is 1. The van der Waals surface area contributed by atoms with Crippen molar-refractivity contribution in [3.05, 3.63) is 35.4 Å². The minimum Gasteiger partial charge on any atom is -0.466 e. The summed E-state index contributed by atoms with van der Waals surface area (Å²) in [5, 5.41) is 0. The second kappa shape index (κ2) is 6.98. The van der Waals surface area contributed by atoms with Crippen molar-refractivity contribution in [2.24, 2.45) is 0 Å². The van der Waals surface area contributed by atoms with Crippen LogP contribution in [-0.2, 0) is 14.3 Å². The van der Waals surface area contributed by atoms with Gasteiger partial charge in [-0.05, 0) is 25.5 Å². The molecule has 0 N–H and O–H groups in total. The van der Waals surface area contributed by atoms with E-state index in [9.17, 15) is 19.2 Å². The zero-order chi connectivity index (χ0) is 16.1. The second-order valence-electron chi connectivity index (χ2n) is 4.93. The number of carbonyl (C=O) groups excluding carboxylic acids is 4. The number of hydrogen-bond acceptors (Lipinski definition) is 5. The molecular formula is C16H17NO5. The Morgan fingerprint density at radius 1 is 1.09 bits per heavy atom. The first-order valence-corrected chi connectivity index (χ1v) is 7.17. The Balaban J connectivity index is 1.84. The summed E-state index contributed by atoms with van der Waals surface area (Å²) in [5.74, 6) is -1.47. The van der Waals surface area contributed by atoms with E-state index in [2.05, 4.69) is 0 Å². The number of ether oxygens (including phenoxy) is 1. The Morgan fingerprint density at radius 3 is 2.23 bits per heavy atom. The van der Waals surface area contributed by atoms with Gasteiger partial charge in [-0.2, -0.15) is 0 Å². The summed E-state index contributed by atoms with van der Waals surface area (Å²) in [4.78, 5) is 48.1. The molecule has 0 atom stereocenters. The molecule has 0 radical (unpaired) electrons. The van der Waals surface area contributed by atoms with Crippen molar-refractivity contribution in [3.8, 4) is 0 Å². The average Bonchev–Trinajstić information content (AvgIpc) is 2.73. The molecule has 1 aliphatic rings. The van der Waals surface area contributed by atoms with E-state index in [-0.39, 0.29) is 43.6 Å². The smallest absolute Gasteiger partial charge is 0.313 e. The van der Waals surface area contributed by atoms with Gasteiger partial charge in [-0.15, -0.1) is 0 Å². The highest BCUT2D eigenvalue weighted by Gasteiger charge is 2.34. The highest BCUT2D eigenvalue weighted by Crippen LogP contribution is 2.22. The lowest BCUT2D eigenvalue weighted by molar-refractivity contribution is -0.145. The maximum Gasteiger partial charge on any atom is 0.313 e. The highest BCUT2D eigenvalue weighted by atomic mass is 16.5. The maximum atomic E-state index is 12.1. The minimum atomic E-state index is -0.548. The van der Waals surface area contributed by atoms with E-state index in [1.807, 2.05) is 0 Å². The Hall–Kier alpha value is -2.50. The zero-order valence-electron chi connectivity index (χ0n) is 12.3. The summed E-state index contributed by atoms with van der Waals surface area (Å²) in [6.07, 6.45) is 0.200. The molecule has 2 amide bonds. The predicted molar refractivity (Wildman–Crippen MR) is 77.3 cm³/mol. The Kier molecular flexibility index (Phi) is 5.04. The van der Waals surface area contributed by atoms with Gasteiger partial charge in [0.1, 0.15) is 12.2 Å². The van der Waals surface area contributed by atoms with Crippen LogP contribution >= 0.6 is 0 Å². The summed E-state index contributed by atoms with van der Waals surface area (Å²) in [6, 6.07) is 6.63. The maximum absolute atomic E-state index is 12.1. The molecule has 0 bridgehead atoms. The first kappa shape index (κ1) is 15.9. The van der Waals surface area contributed by atoms with Crippen molar-refractivity contribution in [1.29, 1.82) is 0 Å². The average molecular weight is 303 g/mol. The summed E-state index contributed by atoms with van der Waals surface area (Å²) in [6.45, 7) is 2.08. The van der Waals surface area contributed by atoms with Crippen LogP contribution in [-0.4, -0.2) is 41.6 Å². The molecule has 0 saturated heterocycles. The lowest BCUT2D eigenvalue weighted by Crippen LogP contribution is -2.31. The van der Waals surface area contributed by atoms with Gasteiger partial charge in [-0.1, -0.05) is 12.1 Å². The number of ketones is 1. The number of carbonyl (C=O) groups is 4. The van der Waals surface area contributed by atoms with Crippen molar-refractivity contribution in [2.45, 2.75) is 26.2 Å². The van der Waals surface area contributed by atoms with Crippen molar-refractivity contribution < 1.29 is 23.9 Å². The van der Waals surface area contributed by atoms with E-state index >= 15 is 0 Å². The fourth-order valence-electron chi connectivity index (χ4n) is 2.34. The predicted octanol–water partition coefficient (Wildman–Crippen LogP) is 1.59. The van der Waals surface area contributed by atoms with E-state index < -0.39 is 5.97 Å². The van der Waals surface area contributed by atoms with Crippen LogP contribution in [0.5, 0.6) is 0 Å². The normalized spacial score (nSPS) is 13.2. The first-order valence-electron chi connectivity index (χ1n) is 7.17. The lowest BCUT2D eigenvalue weighted by Gasteiger charge is -2.13. The Morgan fingerprint density at radius 2 is 1.68 bits per heavy atom. The Bertz CT molecular complexity index is 588. The van der Waals surface area contributed by atoms with Gasteiger partial charge in [0.05, 0.1) is 17.7 Å². The third-order valence-electron chi connectivity index (χ3n) is 3.36. The number of esters is 1. The van der Waals surface area contributed by atoms with Gasteiger partial charge >= 0.3 is 5.97 Å². The van der Waals surface area contributed by atoms with Gasteiger partial charge in [0.2, 0.25) is 0 Å². The van der Waals surface area contributed by atoms with Crippen molar-refractivity contribution in [3.63, 3.8) is 0 Å². The fraction of sp³-hybridized carbons (Fsp3) is 0.375. The topological polar surface area (TPSA) is 80.8 Å². The third-order valence-corrected chi connectivity index (χ3v) is 3.36. The third kappa shape index (κ3) is 3.39. The van der Waals surface area contributed by atoms with E-state index in [4.69, 9.17) is 4.74 Å². The second-order valence-corrected chi connectivity index (χ2v) is 4.93. The van der Waals surface area contributed by atoms with Crippen LogP contribution in [0, 0.1) is 0 Å². The van der Waals surface area contributed by atoms with Crippen LogP contribution in [0.3, 0.4) is 0 Å². The number of fused-ring (bicyclic) bond motifs is 1. The quantitative estimate of drug-likeness (QED) is 0.434. The molecular weight excluding hydrogens is 286 g/mol. The van der Waals surface area contributed by atoms with Gasteiger partial charge < -0.3 is 4.74 Å². The molecule has 6 heteroatoms. The first-order chi connectivity index (χ1) is 10.5. The van der Waals surface area contributed by atoms with E-state index in [1.54, 1.807) is 31.2 Å². The number of benzene rings is 1. The van der Waals surface area contributed by atoms with Crippen LogP contribution < -0.4 is 0 Å². The molecule has 0 saturated carbocycles. The highest BCUT2D eigenvalue weighted by molar-refractivity contribution is 6.21. The minimum absolute atomic E-state index is 0.131. The van der Waals surface area contributed by atoms with Crippen molar-refractivity contribution in [1.82, 2.24) is 4.90 Å². The van der Waals surface area contributed by atoms with Gasteiger partial charge in [-0.25, -0.2) is 0 Å². The molecule has 0 unspecified atom stereocenters. The van der Waals surface area contributed by atoms with Crippen LogP contribution in [0.2, 0.25) is 0 Å². The van der Waals surface area contributed by atoms with Crippen LogP contribution in [0.4, 0.5) is 0 Å². The molecule has 1 aliphatic heterocycles. The molecule has 0 fully saturated rings. The number of rotatable bonds is 7. The summed E-state index contributed by atoms with van der Waals surface area (Å²) in [5.41, 5.74) is 0.788. The molecule has 116 valence electrons. The van der Waals surface area contributed by atoms with Gasteiger partial charge in [0.25, 0.3) is 11.8 Å². The monoisotopic (exact) mass is 303 g/mol. The molecule has 1 aromatic carbocycles. The van der Waals surface area contributed by atoms with Crippen LogP contribution in [0.25, 0.3) is 0 Å². The molecule has 0 aromatic heterocycles. The fourth-order valence-corrected chi connectivity index (χ4v) is 2.34. The van der Waals surface area contributed by atoms with Crippen LogP contribution in [0.15, 0.2) is 24.3 Å². The van der Waals surface area contributed by atoms with Crippen LogP contribution in [0.1, 0.15) is 46.9 Å². The summed E-state index contributed by atoms with van der Waals surface area (Å²) >= 11 is 0. The molecule has 0 aliphatic carbocycles. The Labute approximate surface area is 128 Å². The number of amides is 2. The molecule has 1 aromatic rings. The number of nitrogens with zero attached hydrogens (tertiary/aromatic N) is 1. The molecule has 1 heterocycles. The molecule has 0 spiro atoms. The zero-order valence-corrected chi connectivity index (χ0v) is 12.3. The van der Waals surface area contributed by atoms with Crippen molar-refractivity contribution in [2.75, 3.05) is 13.2 Å². The summed E-state index contributed by atoms with van der Waals surface area (Å²) < 4.78 is 4.69. The standard InChI is InChI=1S/C16H17NO5/c1-2-22-14(19)10-11(18)6-5-9-17-15(20)12-7-3-4-8-13(12)16(17)21/h3-4,7-8H,2,5-6,9-10H2,1H3. The number of imide groups is 1. The summed E-state index contributed by atoms with van der Waals surface area (Å²) in [7, 11) is 0. The largest absolute Gasteiger partial charge is 0.466 e. The van der Waals surface area contributed by atoms with Gasteiger partial charge in [-0.3, -0.25) is 24.1 Å². The molecule has 22 heavy (non-hydrogen) atoms. The van der Waals surface area contributed by atoms with E-state index in [1.165, 1.54) is 0 Å². The van der Waals surface area contributed by atoms with E-state index in [0.717, 1.165) is 4.90 Å². The van der Waals surface area contributed by atoms with Crippen molar-refractivity contribution >= 4 is 23.6 Å². The molecule has 6 nitrogen and oxygen atoms in total. The molecule has 2 rings (SSSR count). The van der Waals surface area contributed by atoms with Gasteiger partial charge in [0, 0.05) is 13.0 Å².